The minimum absolute atomic E-state index is 0.292. The van der Waals surface area contributed by atoms with Crippen LogP contribution in [0.2, 0.25) is 0 Å². The lowest BCUT2D eigenvalue weighted by atomic mass is 9.99. The molecule has 0 bridgehead atoms. The number of fused-ring (bicyclic) bond motifs is 1. The van der Waals surface area contributed by atoms with Gasteiger partial charge in [0.15, 0.2) is 0 Å². The van der Waals surface area contributed by atoms with Gasteiger partial charge in [-0.3, -0.25) is 4.79 Å². The van der Waals surface area contributed by atoms with E-state index in [0.717, 1.165) is 32.4 Å². The summed E-state index contributed by atoms with van der Waals surface area (Å²) in [5.74, 6) is 0.292. The van der Waals surface area contributed by atoms with Gasteiger partial charge in [0.2, 0.25) is 5.91 Å². The van der Waals surface area contributed by atoms with Gasteiger partial charge in [-0.25, -0.2) is 0 Å². The van der Waals surface area contributed by atoms with Crippen molar-refractivity contribution in [3.8, 4) is 0 Å². The van der Waals surface area contributed by atoms with Crippen molar-refractivity contribution < 1.29 is 4.79 Å². The molecule has 2 nitrogen and oxygen atoms in total. The molecule has 1 aliphatic heterocycles. The maximum absolute atomic E-state index is 12.3. The molecule has 0 aromatic heterocycles. The Bertz CT molecular complexity index is 606. The quantitative estimate of drug-likeness (QED) is 0.837. The highest BCUT2D eigenvalue weighted by Crippen LogP contribution is 2.19. The van der Waals surface area contributed by atoms with Crippen LogP contribution in [-0.4, -0.2) is 17.4 Å². The largest absolute Gasteiger partial charge is 0.338 e. The molecule has 0 radical (unpaired) electrons. The van der Waals surface area contributed by atoms with Crippen LogP contribution in [0.1, 0.15) is 29.5 Å². The van der Waals surface area contributed by atoms with Gasteiger partial charge >= 0.3 is 0 Å². The van der Waals surface area contributed by atoms with E-state index >= 15 is 0 Å². The summed E-state index contributed by atoms with van der Waals surface area (Å²) in [5, 5.41) is 0. The topological polar surface area (TPSA) is 20.3 Å². The summed E-state index contributed by atoms with van der Waals surface area (Å²) < 4.78 is 0. The first-order chi connectivity index (χ1) is 10.3. The van der Waals surface area contributed by atoms with Gasteiger partial charge < -0.3 is 4.90 Å². The highest BCUT2D eigenvalue weighted by Gasteiger charge is 2.19. The Morgan fingerprint density at radius 1 is 0.952 bits per heavy atom. The van der Waals surface area contributed by atoms with E-state index in [9.17, 15) is 4.79 Å². The van der Waals surface area contributed by atoms with Crippen LogP contribution in [0.4, 0.5) is 0 Å². The van der Waals surface area contributed by atoms with Crippen LogP contribution in [0.25, 0.3) is 0 Å². The monoisotopic (exact) mass is 279 g/mol. The summed E-state index contributed by atoms with van der Waals surface area (Å²) in [6.07, 6.45) is 3.55. The number of hydrogen-bond acceptors (Lipinski definition) is 1. The van der Waals surface area contributed by atoms with Crippen LogP contribution >= 0.6 is 0 Å². The molecular weight excluding hydrogens is 258 g/mol. The Morgan fingerprint density at radius 3 is 2.48 bits per heavy atom. The van der Waals surface area contributed by atoms with Crippen LogP contribution in [0.15, 0.2) is 54.6 Å². The van der Waals surface area contributed by atoms with Crippen molar-refractivity contribution in [1.82, 2.24) is 4.90 Å². The lowest BCUT2D eigenvalue weighted by Gasteiger charge is -2.29. The molecule has 2 heteroatoms. The molecule has 1 amide bonds. The first-order valence-corrected chi connectivity index (χ1v) is 7.71. The zero-order chi connectivity index (χ0) is 14.5. The molecule has 108 valence electrons. The lowest BCUT2D eigenvalue weighted by Crippen LogP contribution is -2.35. The predicted octanol–water partition coefficient (Wildman–Crippen LogP) is 3.59. The fourth-order valence-electron chi connectivity index (χ4n) is 2.96. The Morgan fingerprint density at radius 2 is 1.67 bits per heavy atom. The van der Waals surface area contributed by atoms with E-state index < -0.39 is 0 Å². The van der Waals surface area contributed by atoms with Crippen LogP contribution < -0.4 is 0 Å². The zero-order valence-electron chi connectivity index (χ0n) is 12.3. The van der Waals surface area contributed by atoms with Gasteiger partial charge in [0.25, 0.3) is 0 Å². The van der Waals surface area contributed by atoms with Crippen LogP contribution in [0, 0.1) is 0 Å². The van der Waals surface area contributed by atoms with E-state index in [0.29, 0.717) is 12.3 Å². The van der Waals surface area contributed by atoms with Crippen LogP contribution in [0.3, 0.4) is 0 Å². The second-order valence-electron chi connectivity index (χ2n) is 5.67. The van der Waals surface area contributed by atoms with E-state index in [1.807, 2.05) is 11.0 Å². The number of benzene rings is 2. The molecule has 0 fully saturated rings. The molecule has 2 aromatic rings. The number of rotatable bonds is 4. The minimum atomic E-state index is 0.292. The minimum Gasteiger partial charge on any atom is -0.338 e. The van der Waals surface area contributed by atoms with Crippen LogP contribution in [-0.2, 0) is 24.2 Å². The Labute approximate surface area is 126 Å². The number of carbonyl (C=O) groups excluding carboxylic acids is 1. The molecule has 0 unspecified atom stereocenters. The molecule has 0 atom stereocenters. The average molecular weight is 279 g/mol. The number of aryl methyl sites for hydroxylation is 1. The maximum Gasteiger partial charge on any atom is 0.222 e. The first kappa shape index (κ1) is 13.9. The highest BCUT2D eigenvalue weighted by atomic mass is 16.2. The number of nitrogens with zero attached hydrogens (tertiary/aromatic N) is 1. The molecule has 1 heterocycles. The van der Waals surface area contributed by atoms with E-state index in [-0.39, 0.29) is 0 Å². The molecule has 1 aliphatic rings. The third-order valence-electron chi connectivity index (χ3n) is 4.18. The number of carbonyl (C=O) groups is 1. The molecule has 0 N–H and O–H groups in total. The fourth-order valence-corrected chi connectivity index (χ4v) is 2.96. The summed E-state index contributed by atoms with van der Waals surface area (Å²) in [6, 6.07) is 18.8. The standard InChI is InChI=1S/C19H21NO/c21-19(12-6-9-16-7-2-1-3-8-16)20-14-13-17-10-4-5-11-18(17)15-20/h1-5,7-8,10-11H,6,9,12-15H2. The Balaban J connectivity index is 1.50. The van der Waals surface area contributed by atoms with Crippen molar-refractivity contribution >= 4 is 5.91 Å². The second kappa shape index (κ2) is 6.57. The molecule has 0 aliphatic carbocycles. The molecule has 0 saturated carbocycles. The van der Waals surface area contributed by atoms with Gasteiger partial charge in [-0.1, -0.05) is 54.6 Å². The molecule has 3 rings (SSSR count). The predicted molar refractivity (Wildman–Crippen MR) is 84.9 cm³/mol. The van der Waals surface area contributed by atoms with Crippen molar-refractivity contribution in [1.29, 1.82) is 0 Å². The number of hydrogen-bond donors (Lipinski definition) is 0. The van der Waals surface area contributed by atoms with Gasteiger partial charge in [0.1, 0.15) is 0 Å². The summed E-state index contributed by atoms with van der Waals surface area (Å²) in [5.41, 5.74) is 4.01. The van der Waals surface area contributed by atoms with E-state index in [1.54, 1.807) is 0 Å². The van der Waals surface area contributed by atoms with E-state index in [4.69, 9.17) is 0 Å². The third-order valence-corrected chi connectivity index (χ3v) is 4.18. The van der Waals surface area contributed by atoms with Crippen molar-refractivity contribution in [2.24, 2.45) is 0 Å². The molecule has 21 heavy (non-hydrogen) atoms. The van der Waals surface area contributed by atoms with Crippen molar-refractivity contribution in [2.45, 2.75) is 32.2 Å². The zero-order valence-corrected chi connectivity index (χ0v) is 12.3. The Kier molecular flexibility index (Phi) is 4.34. The maximum atomic E-state index is 12.3. The van der Waals surface area contributed by atoms with Gasteiger partial charge in [-0.15, -0.1) is 0 Å². The molecule has 0 saturated heterocycles. The SMILES string of the molecule is O=C(CCCc1ccccc1)N1CCc2ccccc2C1. The first-order valence-electron chi connectivity index (χ1n) is 7.71. The van der Waals surface area contributed by atoms with Gasteiger partial charge in [-0.2, -0.15) is 0 Å². The molecular formula is C19H21NO. The van der Waals surface area contributed by atoms with E-state index in [2.05, 4.69) is 48.5 Å². The summed E-state index contributed by atoms with van der Waals surface area (Å²) in [6.45, 7) is 1.64. The van der Waals surface area contributed by atoms with Crippen LogP contribution in [0.5, 0.6) is 0 Å². The summed E-state index contributed by atoms with van der Waals surface area (Å²) in [4.78, 5) is 14.3. The van der Waals surface area contributed by atoms with Crippen molar-refractivity contribution in [3.63, 3.8) is 0 Å². The summed E-state index contributed by atoms with van der Waals surface area (Å²) >= 11 is 0. The van der Waals surface area contributed by atoms with Crippen molar-refractivity contribution in [2.75, 3.05) is 6.54 Å². The van der Waals surface area contributed by atoms with Gasteiger partial charge in [0.05, 0.1) is 0 Å². The van der Waals surface area contributed by atoms with Gasteiger partial charge in [-0.05, 0) is 36.0 Å². The highest BCUT2D eigenvalue weighted by molar-refractivity contribution is 5.76. The lowest BCUT2D eigenvalue weighted by molar-refractivity contribution is -0.132. The fraction of sp³-hybridized carbons (Fsp3) is 0.316. The Hall–Kier alpha value is -2.09. The van der Waals surface area contributed by atoms with Crippen molar-refractivity contribution in [3.05, 3.63) is 71.3 Å². The normalized spacial score (nSPS) is 13.8. The summed E-state index contributed by atoms with van der Waals surface area (Å²) in [7, 11) is 0. The average Bonchev–Trinajstić information content (AvgIpc) is 2.55. The third kappa shape index (κ3) is 3.52. The van der Waals surface area contributed by atoms with Gasteiger partial charge in [0, 0.05) is 19.5 Å². The number of amides is 1. The molecule has 0 spiro atoms. The second-order valence-corrected chi connectivity index (χ2v) is 5.67. The molecule has 2 aromatic carbocycles. The smallest absolute Gasteiger partial charge is 0.222 e. The van der Waals surface area contributed by atoms with E-state index in [1.165, 1.54) is 16.7 Å².